The first-order valence-electron chi connectivity index (χ1n) is 7.26. The lowest BCUT2D eigenvalue weighted by atomic mass is 10.1. The Morgan fingerprint density at radius 3 is 2.19 bits per heavy atom. The van der Waals surface area contributed by atoms with Gasteiger partial charge in [0.2, 0.25) is 5.91 Å². The molecule has 26 heavy (non-hydrogen) atoms. The quantitative estimate of drug-likeness (QED) is 0.745. The van der Waals surface area contributed by atoms with Gasteiger partial charge < -0.3 is 5.32 Å². The molecular weight excluding hydrogens is 376 g/mol. The molecule has 0 unspecified atom stereocenters. The molecule has 0 saturated heterocycles. The molecule has 2 aromatic rings. The highest BCUT2D eigenvalue weighted by atomic mass is 32.2. The summed E-state index contributed by atoms with van der Waals surface area (Å²) >= 11 is 0. The third-order valence-electron chi connectivity index (χ3n) is 3.18. The van der Waals surface area contributed by atoms with Crippen molar-refractivity contribution in [2.75, 3.05) is 11.3 Å². The van der Waals surface area contributed by atoms with Crippen LogP contribution in [0.25, 0.3) is 0 Å². The Balaban J connectivity index is 2.01. The maximum atomic E-state index is 13.6. The first kappa shape index (κ1) is 19.7. The molecule has 0 heterocycles. The number of anilines is 1. The summed E-state index contributed by atoms with van der Waals surface area (Å²) in [7, 11) is -4.13. The SMILES string of the molecule is O=C(Cc1ccc(NS(=O)(=O)c2ccccc2F)cc1)NCC(F)(F)F. The zero-order valence-electron chi connectivity index (χ0n) is 13.2. The number of benzene rings is 2. The molecule has 0 saturated carbocycles. The fourth-order valence-corrected chi connectivity index (χ4v) is 3.15. The maximum Gasteiger partial charge on any atom is 0.405 e. The number of carbonyl (C=O) groups is 1. The number of alkyl halides is 3. The van der Waals surface area contributed by atoms with Crippen LogP contribution >= 0.6 is 0 Å². The molecule has 0 fully saturated rings. The van der Waals surface area contributed by atoms with Gasteiger partial charge in [-0.15, -0.1) is 0 Å². The number of halogens is 4. The van der Waals surface area contributed by atoms with Gasteiger partial charge in [0.25, 0.3) is 10.0 Å². The zero-order chi connectivity index (χ0) is 19.4. The summed E-state index contributed by atoms with van der Waals surface area (Å²) in [6, 6.07) is 10.3. The molecule has 0 aliphatic carbocycles. The van der Waals surface area contributed by atoms with E-state index in [1.54, 1.807) is 5.32 Å². The van der Waals surface area contributed by atoms with Crippen LogP contribution in [0.4, 0.5) is 23.2 Å². The van der Waals surface area contributed by atoms with E-state index in [0.717, 1.165) is 12.1 Å². The largest absolute Gasteiger partial charge is 0.405 e. The van der Waals surface area contributed by atoms with Gasteiger partial charge in [0.1, 0.15) is 17.3 Å². The van der Waals surface area contributed by atoms with Crippen molar-refractivity contribution < 1.29 is 30.8 Å². The summed E-state index contributed by atoms with van der Waals surface area (Å²) in [5, 5.41) is 1.73. The molecule has 2 aromatic carbocycles. The van der Waals surface area contributed by atoms with Gasteiger partial charge in [-0.3, -0.25) is 9.52 Å². The zero-order valence-corrected chi connectivity index (χ0v) is 14.0. The predicted octanol–water partition coefficient (Wildman–Crippen LogP) is 2.85. The topological polar surface area (TPSA) is 75.3 Å². The van der Waals surface area contributed by atoms with Crippen molar-refractivity contribution in [1.82, 2.24) is 5.32 Å². The summed E-state index contributed by atoms with van der Waals surface area (Å²) in [5.74, 6) is -1.72. The van der Waals surface area contributed by atoms with Crippen LogP contribution in [0.15, 0.2) is 53.4 Å². The van der Waals surface area contributed by atoms with E-state index in [1.165, 1.54) is 36.4 Å². The molecule has 2 N–H and O–H groups in total. The minimum atomic E-state index is -4.50. The monoisotopic (exact) mass is 390 g/mol. The lowest BCUT2D eigenvalue weighted by Crippen LogP contribution is -2.34. The standard InChI is InChI=1S/C16H14F4N2O3S/c17-13-3-1-2-4-14(13)26(24,25)22-12-7-5-11(6-8-12)9-15(23)21-10-16(18,19)20/h1-8,22H,9-10H2,(H,21,23). The van der Waals surface area contributed by atoms with Crippen molar-refractivity contribution in [2.45, 2.75) is 17.5 Å². The van der Waals surface area contributed by atoms with E-state index in [1.807, 2.05) is 0 Å². The number of sulfonamides is 1. The van der Waals surface area contributed by atoms with Gasteiger partial charge in [-0.1, -0.05) is 24.3 Å². The van der Waals surface area contributed by atoms with Gasteiger partial charge in [-0.2, -0.15) is 13.2 Å². The second-order valence-corrected chi connectivity index (χ2v) is 6.95. The molecular formula is C16H14F4N2O3S. The van der Waals surface area contributed by atoms with Crippen molar-refractivity contribution in [3.05, 3.63) is 59.9 Å². The molecule has 0 atom stereocenters. The van der Waals surface area contributed by atoms with Crippen LogP contribution in [-0.4, -0.2) is 27.0 Å². The predicted molar refractivity (Wildman–Crippen MR) is 86.4 cm³/mol. The van der Waals surface area contributed by atoms with E-state index in [0.29, 0.717) is 5.56 Å². The number of nitrogens with one attached hydrogen (secondary N) is 2. The number of rotatable bonds is 6. The number of carbonyl (C=O) groups excluding carboxylic acids is 1. The first-order valence-corrected chi connectivity index (χ1v) is 8.75. The van der Waals surface area contributed by atoms with Crippen LogP contribution in [0.3, 0.4) is 0 Å². The second-order valence-electron chi connectivity index (χ2n) is 5.30. The van der Waals surface area contributed by atoms with Crippen LogP contribution in [0, 0.1) is 5.82 Å². The Labute approximate surface area is 147 Å². The minimum absolute atomic E-state index is 0.118. The molecule has 0 spiro atoms. The molecule has 0 aliphatic heterocycles. The van der Waals surface area contributed by atoms with E-state index in [4.69, 9.17) is 0 Å². The number of hydrogen-bond acceptors (Lipinski definition) is 3. The summed E-state index contributed by atoms with van der Waals surface area (Å²) in [5.41, 5.74) is 0.506. The van der Waals surface area contributed by atoms with E-state index >= 15 is 0 Å². The van der Waals surface area contributed by atoms with E-state index in [-0.39, 0.29) is 12.1 Å². The Kier molecular flexibility index (Phi) is 5.86. The Bertz CT molecular complexity index is 881. The van der Waals surface area contributed by atoms with Crippen molar-refractivity contribution in [3.8, 4) is 0 Å². The molecule has 140 valence electrons. The van der Waals surface area contributed by atoms with Gasteiger partial charge in [0.05, 0.1) is 6.42 Å². The van der Waals surface area contributed by atoms with E-state index in [2.05, 4.69) is 4.72 Å². The van der Waals surface area contributed by atoms with Gasteiger partial charge >= 0.3 is 6.18 Å². The maximum absolute atomic E-state index is 13.6. The van der Waals surface area contributed by atoms with Gasteiger partial charge in [-0.25, -0.2) is 12.8 Å². The average Bonchev–Trinajstić information content (AvgIpc) is 2.54. The van der Waals surface area contributed by atoms with Gasteiger partial charge in [0, 0.05) is 5.69 Å². The van der Waals surface area contributed by atoms with Crippen molar-refractivity contribution >= 4 is 21.6 Å². The highest BCUT2D eigenvalue weighted by Crippen LogP contribution is 2.19. The lowest BCUT2D eigenvalue weighted by Gasteiger charge is -2.10. The van der Waals surface area contributed by atoms with E-state index in [9.17, 15) is 30.8 Å². The fraction of sp³-hybridized carbons (Fsp3) is 0.188. The Morgan fingerprint density at radius 2 is 1.62 bits per heavy atom. The molecule has 0 aliphatic rings. The van der Waals surface area contributed by atoms with Gasteiger partial charge in [-0.05, 0) is 29.8 Å². The molecule has 5 nitrogen and oxygen atoms in total. The molecule has 2 rings (SSSR count). The summed E-state index contributed by atoms with van der Waals surface area (Å²) < 4.78 is 76.2. The van der Waals surface area contributed by atoms with Crippen LogP contribution in [0.5, 0.6) is 0 Å². The minimum Gasteiger partial charge on any atom is -0.347 e. The smallest absolute Gasteiger partial charge is 0.347 e. The van der Waals surface area contributed by atoms with Crippen molar-refractivity contribution in [2.24, 2.45) is 0 Å². The van der Waals surface area contributed by atoms with Gasteiger partial charge in [0.15, 0.2) is 0 Å². The first-order chi connectivity index (χ1) is 12.1. The molecule has 0 bridgehead atoms. The number of hydrogen-bond donors (Lipinski definition) is 2. The summed E-state index contributed by atoms with van der Waals surface area (Å²) in [6.07, 6.45) is -4.79. The lowest BCUT2D eigenvalue weighted by molar-refractivity contribution is -0.138. The highest BCUT2D eigenvalue weighted by Gasteiger charge is 2.27. The molecule has 0 aromatic heterocycles. The van der Waals surface area contributed by atoms with Crippen molar-refractivity contribution in [3.63, 3.8) is 0 Å². The fourth-order valence-electron chi connectivity index (χ4n) is 2.01. The molecule has 1 amide bonds. The van der Waals surface area contributed by atoms with Crippen LogP contribution in [-0.2, 0) is 21.2 Å². The third-order valence-corrected chi connectivity index (χ3v) is 4.60. The van der Waals surface area contributed by atoms with Crippen LogP contribution in [0.1, 0.15) is 5.56 Å². The Morgan fingerprint density at radius 1 is 1.00 bits per heavy atom. The summed E-state index contributed by atoms with van der Waals surface area (Å²) in [6.45, 7) is -1.42. The normalized spacial score (nSPS) is 11.8. The summed E-state index contributed by atoms with van der Waals surface area (Å²) in [4.78, 5) is 10.9. The third kappa shape index (κ3) is 5.73. The Hall–Kier alpha value is -2.62. The number of amides is 1. The molecule has 0 radical (unpaired) electrons. The highest BCUT2D eigenvalue weighted by molar-refractivity contribution is 7.92. The van der Waals surface area contributed by atoms with Crippen LogP contribution < -0.4 is 10.0 Å². The molecule has 10 heteroatoms. The second kappa shape index (κ2) is 7.73. The average molecular weight is 390 g/mol. The van der Waals surface area contributed by atoms with Crippen LogP contribution in [0.2, 0.25) is 0 Å². The van der Waals surface area contributed by atoms with Crippen molar-refractivity contribution in [1.29, 1.82) is 0 Å². The van der Waals surface area contributed by atoms with E-state index < -0.39 is 39.4 Å².